The van der Waals surface area contributed by atoms with Crippen LogP contribution < -0.4 is 25.6 Å². The molecule has 1 fully saturated rings. The monoisotopic (exact) mass is 613 g/mol. The zero-order valence-electron chi connectivity index (χ0n) is 24.8. The predicted octanol–water partition coefficient (Wildman–Crippen LogP) is 6.17. The third kappa shape index (κ3) is 8.30. The maximum Gasteiger partial charge on any atom is 0.421 e. The number of nitrogens with zero attached hydrogens (tertiary/aromatic N) is 4. The number of hydrogen-bond donors (Lipinski definition) is 3. The molecule has 2 aromatic carbocycles. The van der Waals surface area contributed by atoms with Gasteiger partial charge < -0.3 is 35.2 Å². The molecule has 0 radical (unpaired) electrons. The number of hydrogen-bond acceptors (Lipinski definition) is 9. The van der Waals surface area contributed by atoms with E-state index in [1.165, 1.54) is 19.2 Å². The number of carbonyl (C=O) groups is 2. The van der Waals surface area contributed by atoms with Crippen LogP contribution in [0, 0.1) is 0 Å². The number of benzene rings is 2. The first-order valence-electron chi connectivity index (χ1n) is 13.7. The molecule has 0 saturated carbocycles. The van der Waals surface area contributed by atoms with Crippen LogP contribution >= 0.6 is 0 Å². The van der Waals surface area contributed by atoms with Gasteiger partial charge in [-0.2, -0.15) is 18.2 Å². The molecule has 234 valence electrons. The van der Waals surface area contributed by atoms with E-state index in [0.29, 0.717) is 49.5 Å². The fourth-order valence-corrected chi connectivity index (χ4v) is 4.35. The number of methoxy groups -OCH3 is 1. The fraction of sp³-hybridized carbons (Fsp3) is 0.333. The number of nitrogens with one attached hydrogen (secondary N) is 3. The number of alkyl halides is 3. The lowest BCUT2D eigenvalue weighted by Gasteiger charge is -2.37. The summed E-state index contributed by atoms with van der Waals surface area (Å²) in [4.78, 5) is 35.8. The molecule has 1 aliphatic rings. The molecule has 0 spiro atoms. The first-order chi connectivity index (χ1) is 20.8. The number of halogens is 3. The van der Waals surface area contributed by atoms with Crippen molar-refractivity contribution < 1.29 is 32.2 Å². The SMILES string of the molecule is C=CC(=O)Nc1cccc(Nc2nc(Nc3ccc(N4CCN(C(=O)OC(C)(C)C)CC4)c(OC)c3)ncc2C(F)(F)F)c1. The Morgan fingerprint density at radius 2 is 1.66 bits per heavy atom. The number of aromatic nitrogens is 2. The standard InChI is InChI=1S/C30H34F3N7O4/c1-6-25(41)35-19-8-7-9-20(16-19)36-26-22(30(31,32)33)18-34-27(38-26)37-21-10-11-23(24(17-21)43-5)39-12-14-40(15-13-39)28(42)44-29(2,3)4/h6-11,16-18H,1,12-15H2,2-5H3,(H,35,41)(H2,34,36,37,38). The van der Waals surface area contributed by atoms with Crippen molar-refractivity contribution in [3.05, 3.63) is 66.9 Å². The summed E-state index contributed by atoms with van der Waals surface area (Å²) in [6, 6.07) is 11.4. The maximum absolute atomic E-state index is 13.8. The molecule has 44 heavy (non-hydrogen) atoms. The van der Waals surface area contributed by atoms with Gasteiger partial charge in [-0.25, -0.2) is 9.78 Å². The molecule has 0 aliphatic carbocycles. The summed E-state index contributed by atoms with van der Waals surface area (Å²) < 4.78 is 52.5. The number of anilines is 6. The molecule has 0 bridgehead atoms. The van der Waals surface area contributed by atoms with Crippen LogP contribution in [0.2, 0.25) is 0 Å². The van der Waals surface area contributed by atoms with Crippen LogP contribution in [0.25, 0.3) is 0 Å². The van der Waals surface area contributed by atoms with E-state index in [4.69, 9.17) is 9.47 Å². The summed E-state index contributed by atoms with van der Waals surface area (Å²) in [6.07, 6.45) is -3.32. The van der Waals surface area contributed by atoms with Crippen LogP contribution in [-0.4, -0.2) is 65.8 Å². The first kappa shape index (κ1) is 31.9. The molecule has 3 N–H and O–H groups in total. The van der Waals surface area contributed by atoms with Gasteiger partial charge in [0.25, 0.3) is 0 Å². The highest BCUT2D eigenvalue weighted by Crippen LogP contribution is 2.37. The number of ether oxygens (including phenoxy) is 2. The number of piperazine rings is 1. The first-order valence-corrected chi connectivity index (χ1v) is 13.7. The van der Waals surface area contributed by atoms with E-state index >= 15 is 0 Å². The molecule has 3 aromatic rings. The third-order valence-electron chi connectivity index (χ3n) is 6.38. The van der Waals surface area contributed by atoms with Crippen molar-refractivity contribution in [2.24, 2.45) is 0 Å². The Hall–Kier alpha value is -5.01. The average molecular weight is 614 g/mol. The highest BCUT2D eigenvalue weighted by molar-refractivity contribution is 5.99. The average Bonchev–Trinajstić information content (AvgIpc) is 2.96. The van der Waals surface area contributed by atoms with Crippen LogP contribution in [0.3, 0.4) is 0 Å². The van der Waals surface area contributed by atoms with Gasteiger partial charge in [-0.15, -0.1) is 0 Å². The van der Waals surface area contributed by atoms with Crippen molar-refractivity contribution in [1.29, 1.82) is 0 Å². The van der Waals surface area contributed by atoms with Gasteiger partial charge in [0.05, 0.1) is 12.8 Å². The van der Waals surface area contributed by atoms with Crippen LogP contribution in [-0.2, 0) is 15.7 Å². The number of carbonyl (C=O) groups excluding carboxylic acids is 2. The van der Waals surface area contributed by atoms with Gasteiger partial charge in [-0.3, -0.25) is 4.79 Å². The van der Waals surface area contributed by atoms with E-state index in [2.05, 4.69) is 37.4 Å². The Bertz CT molecular complexity index is 1520. The van der Waals surface area contributed by atoms with E-state index < -0.39 is 29.1 Å². The second-order valence-corrected chi connectivity index (χ2v) is 10.8. The topological polar surface area (TPSA) is 121 Å². The van der Waals surface area contributed by atoms with Crippen molar-refractivity contribution in [2.75, 3.05) is 54.1 Å². The van der Waals surface area contributed by atoms with Crippen molar-refractivity contribution >= 4 is 46.5 Å². The second kappa shape index (κ2) is 13.1. The maximum atomic E-state index is 13.8. The Labute approximate surface area is 253 Å². The van der Waals surface area contributed by atoms with Gasteiger partial charge in [0, 0.05) is 55.5 Å². The summed E-state index contributed by atoms with van der Waals surface area (Å²) in [7, 11) is 1.52. The minimum atomic E-state index is -4.73. The van der Waals surface area contributed by atoms with E-state index in [9.17, 15) is 22.8 Å². The van der Waals surface area contributed by atoms with E-state index in [1.54, 1.807) is 29.2 Å². The van der Waals surface area contributed by atoms with E-state index in [1.807, 2.05) is 26.8 Å². The Balaban J connectivity index is 1.51. The second-order valence-electron chi connectivity index (χ2n) is 10.8. The normalized spacial score (nSPS) is 13.6. The lowest BCUT2D eigenvalue weighted by molar-refractivity contribution is -0.137. The fourth-order valence-electron chi connectivity index (χ4n) is 4.35. The van der Waals surface area contributed by atoms with Crippen LogP contribution in [0.1, 0.15) is 26.3 Å². The lowest BCUT2D eigenvalue weighted by atomic mass is 10.2. The van der Waals surface area contributed by atoms with Gasteiger partial charge in [0.15, 0.2) is 0 Å². The van der Waals surface area contributed by atoms with E-state index in [0.717, 1.165) is 11.8 Å². The summed E-state index contributed by atoms with van der Waals surface area (Å²) in [5.41, 5.74) is 0.253. The van der Waals surface area contributed by atoms with Gasteiger partial charge >= 0.3 is 12.3 Å². The minimum absolute atomic E-state index is 0.0857. The van der Waals surface area contributed by atoms with Crippen LogP contribution in [0.4, 0.5) is 52.5 Å². The largest absolute Gasteiger partial charge is 0.495 e. The molecule has 11 nitrogen and oxygen atoms in total. The molecule has 2 heterocycles. The molecule has 1 aliphatic heterocycles. The molecule has 4 rings (SSSR count). The molecule has 2 amide bonds. The number of rotatable bonds is 8. The molecule has 1 saturated heterocycles. The predicted molar refractivity (Wildman–Crippen MR) is 162 cm³/mol. The quantitative estimate of drug-likeness (QED) is 0.256. The smallest absolute Gasteiger partial charge is 0.421 e. The molecule has 0 unspecified atom stereocenters. The Kier molecular flexibility index (Phi) is 9.50. The van der Waals surface area contributed by atoms with Crippen molar-refractivity contribution in [1.82, 2.24) is 14.9 Å². The molecule has 14 heteroatoms. The van der Waals surface area contributed by atoms with Gasteiger partial charge in [-0.1, -0.05) is 12.6 Å². The Morgan fingerprint density at radius 3 is 2.30 bits per heavy atom. The zero-order chi connectivity index (χ0) is 32.1. The summed E-state index contributed by atoms with van der Waals surface area (Å²) in [5.74, 6) is -0.508. The van der Waals surface area contributed by atoms with Gasteiger partial charge in [-0.05, 0) is 57.2 Å². The summed E-state index contributed by atoms with van der Waals surface area (Å²) in [5, 5.41) is 8.17. The lowest BCUT2D eigenvalue weighted by Crippen LogP contribution is -2.50. The van der Waals surface area contributed by atoms with Gasteiger partial charge in [0.1, 0.15) is 22.7 Å². The molecular formula is C30H34F3N7O4. The summed E-state index contributed by atoms with van der Waals surface area (Å²) >= 11 is 0. The zero-order valence-corrected chi connectivity index (χ0v) is 24.8. The van der Waals surface area contributed by atoms with Gasteiger partial charge in [0.2, 0.25) is 11.9 Å². The van der Waals surface area contributed by atoms with E-state index in [-0.39, 0.29) is 17.7 Å². The third-order valence-corrected chi connectivity index (χ3v) is 6.38. The minimum Gasteiger partial charge on any atom is -0.495 e. The molecule has 1 aromatic heterocycles. The van der Waals surface area contributed by atoms with Crippen molar-refractivity contribution in [3.8, 4) is 5.75 Å². The Morgan fingerprint density at radius 1 is 0.977 bits per heavy atom. The number of amides is 2. The van der Waals surface area contributed by atoms with Crippen molar-refractivity contribution in [3.63, 3.8) is 0 Å². The molecule has 0 atom stereocenters. The molecular weight excluding hydrogens is 579 g/mol. The van der Waals surface area contributed by atoms with Crippen LogP contribution in [0.15, 0.2) is 61.3 Å². The summed E-state index contributed by atoms with van der Waals surface area (Å²) in [6.45, 7) is 10.9. The highest BCUT2D eigenvalue weighted by Gasteiger charge is 2.35. The van der Waals surface area contributed by atoms with Crippen LogP contribution in [0.5, 0.6) is 5.75 Å². The van der Waals surface area contributed by atoms with Crippen molar-refractivity contribution in [2.45, 2.75) is 32.5 Å². The highest BCUT2D eigenvalue weighted by atomic mass is 19.4.